The molecule has 0 aromatic heterocycles. The molecule has 114 valence electrons. The SMILES string of the molecule is Cc1cc(C)cc(N=C2CCN(Cc3ccccc3)CC2)c1. The maximum Gasteiger partial charge on any atom is 0.0634 e. The molecule has 0 N–H and O–H groups in total. The van der Waals surface area contributed by atoms with Gasteiger partial charge in [0, 0.05) is 25.3 Å². The summed E-state index contributed by atoms with van der Waals surface area (Å²) < 4.78 is 0. The summed E-state index contributed by atoms with van der Waals surface area (Å²) in [6, 6.07) is 17.3. The third kappa shape index (κ3) is 4.05. The first kappa shape index (κ1) is 15.0. The van der Waals surface area contributed by atoms with Crippen LogP contribution in [0.4, 0.5) is 5.69 Å². The van der Waals surface area contributed by atoms with Gasteiger partial charge in [-0.15, -0.1) is 0 Å². The Labute approximate surface area is 133 Å². The molecule has 1 aliphatic rings. The molecule has 1 fully saturated rings. The van der Waals surface area contributed by atoms with Gasteiger partial charge in [-0.05, 0) is 55.5 Å². The summed E-state index contributed by atoms with van der Waals surface area (Å²) in [5.74, 6) is 0. The lowest BCUT2D eigenvalue weighted by Crippen LogP contribution is -2.33. The highest BCUT2D eigenvalue weighted by Gasteiger charge is 2.15. The molecule has 1 saturated heterocycles. The van der Waals surface area contributed by atoms with E-state index in [2.05, 4.69) is 67.3 Å². The minimum atomic E-state index is 1.05. The molecule has 3 rings (SSSR count). The second-order valence-corrected chi connectivity index (χ2v) is 6.29. The van der Waals surface area contributed by atoms with Crippen LogP contribution in [0, 0.1) is 13.8 Å². The maximum atomic E-state index is 4.87. The molecule has 0 atom stereocenters. The fraction of sp³-hybridized carbons (Fsp3) is 0.350. The highest BCUT2D eigenvalue weighted by Crippen LogP contribution is 2.20. The predicted octanol–water partition coefficient (Wildman–Crippen LogP) is 4.67. The van der Waals surface area contributed by atoms with Gasteiger partial charge in [-0.2, -0.15) is 0 Å². The Hall–Kier alpha value is -1.93. The van der Waals surface area contributed by atoms with E-state index >= 15 is 0 Å². The van der Waals surface area contributed by atoms with Crippen LogP contribution in [-0.4, -0.2) is 23.7 Å². The standard InChI is InChI=1S/C20H24N2/c1-16-12-17(2)14-20(13-16)21-19-8-10-22(11-9-19)15-18-6-4-3-5-7-18/h3-7,12-14H,8-11,15H2,1-2H3. The van der Waals surface area contributed by atoms with Gasteiger partial charge in [0.05, 0.1) is 5.69 Å². The van der Waals surface area contributed by atoms with Crippen molar-refractivity contribution >= 4 is 11.4 Å². The van der Waals surface area contributed by atoms with E-state index in [1.54, 1.807) is 0 Å². The first-order valence-electron chi connectivity index (χ1n) is 8.10. The number of hydrogen-bond donors (Lipinski definition) is 0. The largest absolute Gasteiger partial charge is 0.298 e. The third-order valence-corrected chi connectivity index (χ3v) is 4.18. The smallest absolute Gasteiger partial charge is 0.0634 e. The first-order chi connectivity index (χ1) is 10.7. The number of likely N-dealkylation sites (tertiary alicyclic amines) is 1. The van der Waals surface area contributed by atoms with Gasteiger partial charge in [-0.25, -0.2) is 0 Å². The van der Waals surface area contributed by atoms with E-state index in [0.717, 1.165) is 38.2 Å². The Bertz CT molecular complexity index is 628. The van der Waals surface area contributed by atoms with Crippen LogP contribution in [0.3, 0.4) is 0 Å². The minimum Gasteiger partial charge on any atom is -0.298 e. The quantitative estimate of drug-likeness (QED) is 0.802. The Morgan fingerprint density at radius 2 is 1.55 bits per heavy atom. The van der Waals surface area contributed by atoms with Crippen LogP contribution < -0.4 is 0 Å². The zero-order valence-corrected chi connectivity index (χ0v) is 13.5. The van der Waals surface area contributed by atoms with Crippen LogP contribution in [0.1, 0.15) is 29.5 Å². The van der Waals surface area contributed by atoms with E-state index < -0.39 is 0 Å². The number of rotatable bonds is 3. The lowest BCUT2D eigenvalue weighted by Gasteiger charge is -2.27. The highest BCUT2D eigenvalue weighted by molar-refractivity contribution is 5.87. The Morgan fingerprint density at radius 3 is 2.18 bits per heavy atom. The molecule has 0 radical (unpaired) electrons. The summed E-state index contributed by atoms with van der Waals surface area (Å²) in [5.41, 5.74) is 6.44. The normalized spacial score (nSPS) is 15.8. The first-order valence-corrected chi connectivity index (χ1v) is 8.10. The molecular formula is C20H24N2. The van der Waals surface area contributed by atoms with Crippen LogP contribution in [-0.2, 0) is 6.54 Å². The fourth-order valence-corrected chi connectivity index (χ4v) is 3.12. The number of piperidine rings is 1. The van der Waals surface area contributed by atoms with Crippen molar-refractivity contribution in [1.29, 1.82) is 0 Å². The molecule has 2 heteroatoms. The van der Waals surface area contributed by atoms with E-state index in [0.29, 0.717) is 0 Å². The van der Waals surface area contributed by atoms with Gasteiger partial charge in [0.1, 0.15) is 0 Å². The summed E-state index contributed by atoms with van der Waals surface area (Å²) in [5, 5.41) is 0. The summed E-state index contributed by atoms with van der Waals surface area (Å²) in [4.78, 5) is 7.39. The molecule has 1 aliphatic heterocycles. The lowest BCUT2D eigenvalue weighted by molar-refractivity contribution is 0.266. The highest BCUT2D eigenvalue weighted by atomic mass is 15.1. The molecule has 22 heavy (non-hydrogen) atoms. The van der Waals surface area contributed by atoms with Crippen molar-refractivity contribution in [2.75, 3.05) is 13.1 Å². The molecule has 2 aromatic rings. The van der Waals surface area contributed by atoms with Crippen molar-refractivity contribution in [2.45, 2.75) is 33.2 Å². The van der Waals surface area contributed by atoms with Gasteiger partial charge in [0.15, 0.2) is 0 Å². The summed E-state index contributed by atoms with van der Waals surface area (Å²) >= 11 is 0. The van der Waals surface area contributed by atoms with Crippen LogP contribution in [0.5, 0.6) is 0 Å². The Morgan fingerprint density at radius 1 is 0.909 bits per heavy atom. The Balaban J connectivity index is 1.60. The molecule has 0 saturated carbocycles. The molecule has 0 bridgehead atoms. The summed E-state index contributed by atoms with van der Waals surface area (Å²) in [6.07, 6.45) is 2.17. The molecule has 0 amide bonds. The second kappa shape index (κ2) is 6.89. The van der Waals surface area contributed by atoms with Gasteiger partial charge in [0.2, 0.25) is 0 Å². The van der Waals surface area contributed by atoms with Crippen LogP contribution >= 0.6 is 0 Å². The van der Waals surface area contributed by atoms with E-state index in [1.807, 2.05) is 0 Å². The minimum absolute atomic E-state index is 1.05. The second-order valence-electron chi connectivity index (χ2n) is 6.29. The van der Waals surface area contributed by atoms with E-state index in [9.17, 15) is 0 Å². The van der Waals surface area contributed by atoms with E-state index in [-0.39, 0.29) is 0 Å². The molecule has 2 aromatic carbocycles. The number of hydrogen-bond acceptors (Lipinski definition) is 2. The number of benzene rings is 2. The van der Waals surface area contributed by atoms with Crippen molar-refractivity contribution in [1.82, 2.24) is 4.90 Å². The van der Waals surface area contributed by atoms with Crippen molar-refractivity contribution in [3.8, 4) is 0 Å². The van der Waals surface area contributed by atoms with Gasteiger partial charge in [0.25, 0.3) is 0 Å². The molecule has 2 nitrogen and oxygen atoms in total. The monoisotopic (exact) mass is 292 g/mol. The van der Waals surface area contributed by atoms with Crippen LogP contribution in [0.2, 0.25) is 0 Å². The zero-order chi connectivity index (χ0) is 15.4. The van der Waals surface area contributed by atoms with Crippen LogP contribution in [0.15, 0.2) is 53.5 Å². The van der Waals surface area contributed by atoms with Crippen LogP contribution in [0.25, 0.3) is 0 Å². The molecule has 1 heterocycles. The molecular weight excluding hydrogens is 268 g/mol. The van der Waals surface area contributed by atoms with E-state index in [4.69, 9.17) is 4.99 Å². The van der Waals surface area contributed by atoms with Crippen molar-refractivity contribution in [3.05, 3.63) is 65.2 Å². The topological polar surface area (TPSA) is 15.6 Å². The molecule has 0 unspecified atom stereocenters. The van der Waals surface area contributed by atoms with Gasteiger partial charge in [-0.1, -0.05) is 36.4 Å². The van der Waals surface area contributed by atoms with Gasteiger partial charge < -0.3 is 0 Å². The van der Waals surface area contributed by atoms with Gasteiger partial charge >= 0.3 is 0 Å². The fourth-order valence-electron chi connectivity index (χ4n) is 3.12. The van der Waals surface area contributed by atoms with Crippen molar-refractivity contribution < 1.29 is 0 Å². The molecule has 0 spiro atoms. The van der Waals surface area contributed by atoms with Crippen molar-refractivity contribution in [3.63, 3.8) is 0 Å². The Kier molecular flexibility index (Phi) is 4.69. The number of aliphatic imine (C=N–C) groups is 1. The van der Waals surface area contributed by atoms with Crippen molar-refractivity contribution in [2.24, 2.45) is 4.99 Å². The predicted molar refractivity (Wildman–Crippen MR) is 94.0 cm³/mol. The zero-order valence-electron chi connectivity index (χ0n) is 13.5. The number of aryl methyl sites for hydroxylation is 2. The lowest BCUT2D eigenvalue weighted by atomic mass is 10.1. The average molecular weight is 292 g/mol. The summed E-state index contributed by atoms with van der Waals surface area (Å²) in [6.45, 7) is 7.55. The number of nitrogens with zero attached hydrogens (tertiary/aromatic N) is 2. The van der Waals surface area contributed by atoms with E-state index in [1.165, 1.54) is 22.4 Å². The average Bonchev–Trinajstić information content (AvgIpc) is 2.49. The molecule has 0 aliphatic carbocycles. The maximum absolute atomic E-state index is 4.87. The van der Waals surface area contributed by atoms with Gasteiger partial charge in [-0.3, -0.25) is 9.89 Å². The summed E-state index contributed by atoms with van der Waals surface area (Å²) in [7, 11) is 0. The third-order valence-electron chi connectivity index (χ3n) is 4.18.